The number of likely N-dealkylation sites (N-methyl/N-ethyl adjacent to an activating group) is 1. The molecule has 1 aromatic heterocycles. The molecule has 1 unspecified atom stereocenters. The van der Waals surface area contributed by atoms with E-state index in [-0.39, 0.29) is 11.9 Å². The summed E-state index contributed by atoms with van der Waals surface area (Å²) in [4.78, 5) is 20.0. The lowest BCUT2D eigenvalue weighted by molar-refractivity contribution is -0.121. The van der Waals surface area contributed by atoms with E-state index in [1.807, 2.05) is 6.92 Å². The van der Waals surface area contributed by atoms with Gasteiger partial charge in [-0.1, -0.05) is 0 Å². The van der Waals surface area contributed by atoms with Gasteiger partial charge in [0.05, 0.1) is 0 Å². The number of hydrogen-bond acceptors (Lipinski definition) is 4. The van der Waals surface area contributed by atoms with E-state index in [0.717, 1.165) is 24.4 Å². The van der Waals surface area contributed by atoms with Crippen LogP contribution in [-0.2, 0) is 17.6 Å². The van der Waals surface area contributed by atoms with Crippen LogP contribution in [0.5, 0.6) is 0 Å². The van der Waals surface area contributed by atoms with Gasteiger partial charge in [-0.25, -0.2) is 9.97 Å². The van der Waals surface area contributed by atoms with Crippen LogP contribution >= 0.6 is 0 Å². The van der Waals surface area contributed by atoms with Crippen molar-refractivity contribution in [3.63, 3.8) is 0 Å². The number of nitrogens with zero attached hydrogens (tertiary/aromatic N) is 2. The van der Waals surface area contributed by atoms with Crippen molar-refractivity contribution in [3.8, 4) is 0 Å². The number of carbonyl (C=O) groups is 1. The number of amides is 1. The topological polar surface area (TPSA) is 66.9 Å². The zero-order chi connectivity index (χ0) is 12.3. The minimum atomic E-state index is -0.277. The summed E-state index contributed by atoms with van der Waals surface area (Å²) in [6.07, 6.45) is 5.95. The van der Waals surface area contributed by atoms with Gasteiger partial charge in [-0.3, -0.25) is 4.79 Å². The van der Waals surface area contributed by atoms with Crippen molar-refractivity contribution in [1.82, 2.24) is 15.3 Å². The van der Waals surface area contributed by atoms with Crippen molar-refractivity contribution in [2.24, 2.45) is 0 Å². The smallest absolute Gasteiger partial charge is 0.241 e. The van der Waals surface area contributed by atoms with Gasteiger partial charge in [-0.05, 0) is 32.6 Å². The summed E-state index contributed by atoms with van der Waals surface area (Å²) in [6.45, 7) is 1.83. The molecule has 1 aromatic rings. The minimum Gasteiger partial charge on any atom is -0.358 e. The molecular formula is C12H18N4O. The maximum absolute atomic E-state index is 11.5. The fraction of sp³-hybridized carbons (Fsp3) is 0.583. The van der Waals surface area contributed by atoms with E-state index in [0.29, 0.717) is 0 Å². The molecule has 0 saturated carbocycles. The molecule has 1 heterocycles. The molecule has 1 aliphatic rings. The predicted octanol–water partition coefficient (Wildman–Crippen LogP) is 0.902. The number of aryl methyl sites for hydroxylation is 1. The molecule has 0 aliphatic heterocycles. The summed E-state index contributed by atoms with van der Waals surface area (Å²) in [5.74, 6) is 0.777. The number of aromatic nitrogens is 2. The van der Waals surface area contributed by atoms with Crippen molar-refractivity contribution < 1.29 is 4.79 Å². The van der Waals surface area contributed by atoms with E-state index in [1.165, 1.54) is 18.4 Å². The number of fused-ring (bicyclic) bond motifs is 1. The molecule has 5 nitrogen and oxygen atoms in total. The molecule has 0 fully saturated rings. The molecule has 0 radical (unpaired) electrons. The van der Waals surface area contributed by atoms with Crippen molar-refractivity contribution >= 4 is 11.7 Å². The molecule has 0 saturated heterocycles. The fourth-order valence-corrected chi connectivity index (χ4v) is 2.13. The molecule has 5 heteroatoms. The van der Waals surface area contributed by atoms with Gasteiger partial charge in [0.2, 0.25) is 5.91 Å². The molecule has 17 heavy (non-hydrogen) atoms. The van der Waals surface area contributed by atoms with Crippen LogP contribution in [0.15, 0.2) is 6.33 Å². The highest BCUT2D eigenvalue weighted by Gasteiger charge is 2.18. The van der Waals surface area contributed by atoms with Gasteiger partial charge in [0.1, 0.15) is 18.2 Å². The Bertz CT molecular complexity index is 419. The Labute approximate surface area is 101 Å². The zero-order valence-electron chi connectivity index (χ0n) is 10.3. The quantitative estimate of drug-likeness (QED) is 0.815. The number of rotatable bonds is 3. The first-order valence-electron chi connectivity index (χ1n) is 6.03. The standard InChI is InChI=1S/C12H18N4O/c1-8(12(17)13-2)16-11-9-5-3-4-6-10(9)14-7-15-11/h7-8H,3-6H2,1-2H3,(H,13,17)(H,14,15,16). The van der Waals surface area contributed by atoms with E-state index < -0.39 is 0 Å². The second-order valence-electron chi connectivity index (χ2n) is 4.33. The predicted molar refractivity (Wildman–Crippen MR) is 65.8 cm³/mol. The lowest BCUT2D eigenvalue weighted by Crippen LogP contribution is -2.36. The third kappa shape index (κ3) is 2.54. The highest BCUT2D eigenvalue weighted by atomic mass is 16.2. The maximum Gasteiger partial charge on any atom is 0.241 e. The summed E-state index contributed by atoms with van der Waals surface area (Å²) in [7, 11) is 1.63. The fourth-order valence-electron chi connectivity index (χ4n) is 2.13. The first-order valence-corrected chi connectivity index (χ1v) is 6.03. The van der Waals surface area contributed by atoms with Crippen LogP contribution < -0.4 is 10.6 Å². The molecule has 0 spiro atoms. The molecule has 1 amide bonds. The molecule has 92 valence electrons. The lowest BCUT2D eigenvalue weighted by Gasteiger charge is -2.20. The highest BCUT2D eigenvalue weighted by molar-refractivity contribution is 5.83. The summed E-state index contributed by atoms with van der Waals surface area (Å²) in [6, 6.07) is -0.277. The second-order valence-corrected chi connectivity index (χ2v) is 4.33. The van der Waals surface area contributed by atoms with Crippen molar-refractivity contribution in [2.75, 3.05) is 12.4 Å². The number of carbonyl (C=O) groups excluding carboxylic acids is 1. The van der Waals surface area contributed by atoms with Crippen LogP contribution in [0.25, 0.3) is 0 Å². The van der Waals surface area contributed by atoms with Crippen LogP contribution in [0.3, 0.4) is 0 Å². The van der Waals surface area contributed by atoms with Crippen LogP contribution in [0.1, 0.15) is 31.0 Å². The highest BCUT2D eigenvalue weighted by Crippen LogP contribution is 2.24. The lowest BCUT2D eigenvalue weighted by atomic mass is 9.96. The Hall–Kier alpha value is -1.65. The molecule has 1 aliphatic carbocycles. The monoisotopic (exact) mass is 234 g/mol. The Morgan fingerprint density at radius 1 is 1.35 bits per heavy atom. The average Bonchev–Trinajstić information content (AvgIpc) is 2.38. The van der Waals surface area contributed by atoms with Gasteiger partial charge in [0, 0.05) is 18.3 Å². The third-order valence-electron chi connectivity index (χ3n) is 3.12. The van der Waals surface area contributed by atoms with Gasteiger partial charge >= 0.3 is 0 Å². The first-order chi connectivity index (χ1) is 8.22. The summed E-state index contributed by atoms with van der Waals surface area (Å²) in [5, 5.41) is 5.78. The van der Waals surface area contributed by atoms with Gasteiger partial charge in [0.25, 0.3) is 0 Å². The molecular weight excluding hydrogens is 216 g/mol. The van der Waals surface area contributed by atoms with E-state index in [1.54, 1.807) is 13.4 Å². The van der Waals surface area contributed by atoms with Gasteiger partial charge in [-0.2, -0.15) is 0 Å². The van der Waals surface area contributed by atoms with Crippen LogP contribution in [-0.4, -0.2) is 29.0 Å². The molecule has 0 bridgehead atoms. The summed E-state index contributed by atoms with van der Waals surface area (Å²) >= 11 is 0. The SMILES string of the molecule is CNC(=O)C(C)Nc1ncnc2c1CCCC2. The molecule has 0 aromatic carbocycles. The number of hydrogen-bond donors (Lipinski definition) is 2. The van der Waals surface area contributed by atoms with Gasteiger partial charge in [0.15, 0.2) is 0 Å². The minimum absolute atomic E-state index is 0.0341. The largest absolute Gasteiger partial charge is 0.358 e. The Balaban J connectivity index is 2.18. The van der Waals surface area contributed by atoms with Gasteiger partial charge < -0.3 is 10.6 Å². The first kappa shape index (κ1) is 11.8. The van der Waals surface area contributed by atoms with Gasteiger partial charge in [-0.15, -0.1) is 0 Å². The second kappa shape index (κ2) is 5.12. The summed E-state index contributed by atoms with van der Waals surface area (Å²) < 4.78 is 0. The summed E-state index contributed by atoms with van der Waals surface area (Å²) in [5.41, 5.74) is 2.30. The van der Waals surface area contributed by atoms with Crippen molar-refractivity contribution in [1.29, 1.82) is 0 Å². The number of anilines is 1. The van der Waals surface area contributed by atoms with Crippen LogP contribution in [0.4, 0.5) is 5.82 Å². The normalized spacial score (nSPS) is 15.9. The van der Waals surface area contributed by atoms with E-state index in [2.05, 4.69) is 20.6 Å². The Morgan fingerprint density at radius 2 is 2.12 bits per heavy atom. The van der Waals surface area contributed by atoms with Crippen molar-refractivity contribution in [2.45, 2.75) is 38.6 Å². The van der Waals surface area contributed by atoms with Crippen molar-refractivity contribution in [3.05, 3.63) is 17.6 Å². The third-order valence-corrected chi connectivity index (χ3v) is 3.12. The average molecular weight is 234 g/mol. The van der Waals surface area contributed by atoms with Crippen LogP contribution in [0.2, 0.25) is 0 Å². The molecule has 1 atom stereocenters. The van der Waals surface area contributed by atoms with Crippen LogP contribution in [0, 0.1) is 0 Å². The Kier molecular flexibility index (Phi) is 3.56. The van der Waals surface area contributed by atoms with E-state index in [9.17, 15) is 4.79 Å². The zero-order valence-corrected chi connectivity index (χ0v) is 10.3. The maximum atomic E-state index is 11.5. The Morgan fingerprint density at radius 3 is 2.88 bits per heavy atom. The van der Waals surface area contributed by atoms with E-state index >= 15 is 0 Å². The van der Waals surface area contributed by atoms with E-state index in [4.69, 9.17) is 0 Å². The molecule has 2 N–H and O–H groups in total. The molecule has 2 rings (SSSR count). The number of nitrogens with one attached hydrogen (secondary N) is 2.